The van der Waals surface area contributed by atoms with Gasteiger partial charge in [-0.3, -0.25) is 4.79 Å². The van der Waals surface area contributed by atoms with Crippen LogP contribution in [0, 0.1) is 6.92 Å². The van der Waals surface area contributed by atoms with Crippen LogP contribution >= 0.6 is 0 Å². The SMILES string of the molecule is CCCCNc1ncccc1C(=O)c1ccc(C)cc1. The highest BCUT2D eigenvalue weighted by atomic mass is 16.1. The third-order valence-corrected chi connectivity index (χ3v) is 3.19. The lowest BCUT2D eigenvalue weighted by molar-refractivity contribution is 0.103. The number of unbranched alkanes of at least 4 members (excludes halogenated alkanes) is 1. The molecule has 20 heavy (non-hydrogen) atoms. The lowest BCUT2D eigenvalue weighted by atomic mass is 10.0. The molecule has 2 aromatic rings. The Morgan fingerprint density at radius 3 is 2.65 bits per heavy atom. The molecule has 0 amide bonds. The summed E-state index contributed by atoms with van der Waals surface area (Å²) in [5.74, 6) is 0.684. The third-order valence-electron chi connectivity index (χ3n) is 3.19. The Morgan fingerprint density at radius 2 is 1.95 bits per heavy atom. The first kappa shape index (κ1) is 14.3. The van der Waals surface area contributed by atoms with Crippen LogP contribution in [0.1, 0.15) is 41.3 Å². The summed E-state index contributed by atoms with van der Waals surface area (Å²) in [6.07, 6.45) is 3.88. The largest absolute Gasteiger partial charge is 0.369 e. The van der Waals surface area contributed by atoms with E-state index in [-0.39, 0.29) is 5.78 Å². The lowest BCUT2D eigenvalue weighted by Crippen LogP contribution is -2.10. The monoisotopic (exact) mass is 268 g/mol. The third kappa shape index (κ3) is 3.44. The maximum atomic E-state index is 12.5. The molecule has 0 bridgehead atoms. The number of carbonyl (C=O) groups excluding carboxylic acids is 1. The standard InChI is InChI=1S/C17H20N2O/c1-3-4-11-18-17-15(6-5-12-19-17)16(20)14-9-7-13(2)8-10-14/h5-10,12H,3-4,11H2,1-2H3,(H,18,19). The summed E-state index contributed by atoms with van der Waals surface area (Å²) in [4.78, 5) is 16.8. The van der Waals surface area contributed by atoms with Crippen molar-refractivity contribution < 1.29 is 4.79 Å². The number of carbonyl (C=O) groups is 1. The van der Waals surface area contributed by atoms with Crippen molar-refractivity contribution in [1.82, 2.24) is 4.98 Å². The summed E-state index contributed by atoms with van der Waals surface area (Å²) >= 11 is 0. The minimum Gasteiger partial charge on any atom is -0.369 e. The highest BCUT2D eigenvalue weighted by Gasteiger charge is 2.13. The van der Waals surface area contributed by atoms with Crippen LogP contribution < -0.4 is 5.32 Å². The number of rotatable bonds is 6. The molecule has 0 fully saturated rings. The number of anilines is 1. The maximum Gasteiger partial charge on any atom is 0.196 e. The molecule has 1 heterocycles. The average molecular weight is 268 g/mol. The highest BCUT2D eigenvalue weighted by Crippen LogP contribution is 2.17. The number of benzene rings is 1. The fourth-order valence-corrected chi connectivity index (χ4v) is 1.97. The van der Waals surface area contributed by atoms with Crippen LogP contribution in [0.3, 0.4) is 0 Å². The first-order chi connectivity index (χ1) is 9.72. The molecular formula is C17H20N2O. The molecule has 1 N–H and O–H groups in total. The molecule has 0 saturated carbocycles. The molecule has 0 saturated heterocycles. The molecule has 2 rings (SSSR count). The predicted molar refractivity (Wildman–Crippen MR) is 82.2 cm³/mol. The second-order valence-corrected chi connectivity index (χ2v) is 4.88. The molecule has 0 radical (unpaired) electrons. The maximum absolute atomic E-state index is 12.5. The molecule has 104 valence electrons. The van der Waals surface area contributed by atoms with E-state index in [4.69, 9.17) is 0 Å². The quantitative estimate of drug-likeness (QED) is 0.639. The van der Waals surface area contributed by atoms with Crippen molar-refractivity contribution in [3.05, 3.63) is 59.3 Å². The molecule has 0 aliphatic heterocycles. The van der Waals surface area contributed by atoms with E-state index in [1.54, 1.807) is 12.3 Å². The zero-order valence-electron chi connectivity index (χ0n) is 12.0. The summed E-state index contributed by atoms with van der Waals surface area (Å²) < 4.78 is 0. The first-order valence-electron chi connectivity index (χ1n) is 7.02. The van der Waals surface area contributed by atoms with Crippen molar-refractivity contribution in [3.63, 3.8) is 0 Å². The van der Waals surface area contributed by atoms with Crippen molar-refractivity contribution in [2.24, 2.45) is 0 Å². The zero-order valence-corrected chi connectivity index (χ0v) is 12.0. The van der Waals surface area contributed by atoms with Gasteiger partial charge in [-0.25, -0.2) is 4.98 Å². The minimum atomic E-state index is 0.0112. The van der Waals surface area contributed by atoms with Gasteiger partial charge in [0, 0.05) is 18.3 Å². The highest BCUT2D eigenvalue weighted by molar-refractivity contribution is 6.11. The number of nitrogens with one attached hydrogen (secondary N) is 1. The van der Waals surface area contributed by atoms with Gasteiger partial charge in [-0.1, -0.05) is 43.2 Å². The number of aryl methyl sites for hydroxylation is 1. The van der Waals surface area contributed by atoms with Crippen LogP contribution in [0.2, 0.25) is 0 Å². The van der Waals surface area contributed by atoms with Crippen LogP contribution in [0.5, 0.6) is 0 Å². The summed E-state index contributed by atoms with van der Waals surface area (Å²) in [6.45, 7) is 4.98. The van der Waals surface area contributed by atoms with E-state index in [2.05, 4.69) is 17.2 Å². The second-order valence-electron chi connectivity index (χ2n) is 4.88. The molecule has 0 unspecified atom stereocenters. The van der Waals surface area contributed by atoms with Gasteiger partial charge in [-0.05, 0) is 25.5 Å². The van der Waals surface area contributed by atoms with E-state index in [0.717, 1.165) is 24.9 Å². The molecular weight excluding hydrogens is 248 g/mol. The molecule has 0 spiro atoms. The Balaban J connectivity index is 2.23. The number of nitrogens with zero attached hydrogens (tertiary/aromatic N) is 1. The van der Waals surface area contributed by atoms with Crippen LogP contribution in [-0.2, 0) is 0 Å². The predicted octanol–water partition coefficient (Wildman–Crippen LogP) is 3.83. The van der Waals surface area contributed by atoms with E-state index in [1.807, 2.05) is 37.3 Å². The Kier molecular flexibility index (Phi) is 4.88. The fraction of sp³-hybridized carbons (Fsp3) is 0.294. The van der Waals surface area contributed by atoms with Gasteiger partial charge >= 0.3 is 0 Å². The van der Waals surface area contributed by atoms with Crippen LogP contribution in [-0.4, -0.2) is 17.3 Å². The molecule has 3 heteroatoms. The Bertz CT molecular complexity index is 576. The molecule has 3 nitrogen and oxygen atoms in total. The van der Waals surface area contributed by atoms with E-state index in [9.17, 15) is 4.79 Å². The van der Waals surface area contributed by atoms with Crippen LogP contribution in [0.4, 0.5) is 5.82 Å². The molecule has 0 aliphatic carbocycles. The van der Waals surface area contributed by atoms with Gasteiger partial charge in [-0.15, -0.1) is 0 Å². The van der Waals surface area contributed by atoms with Gasteiger partial charge in [0.1, 0.15) is 5.82 Å². The van der Waals surface area contributed by atoms with Crippen molar-refractivity contribution in [1.29, 1.82) is 0 Å². The lowest BCUT2D eigenvalue weighted by Gasteiger charge is -2.09. The van der Waals surface area contributed by atoms with Gasteiger partial charge in [0.05, 0.1) is 5.56 Å². The number of pyridine rings is 1. The van der Waals surface area contributed by atoms with E-state index in [0.29, 0.717) is 16.9 Å². The fourth-order valence-electron chi connectivity index (χ4n) is 1.97. The van der Waals surface area contributed by atoms with Crippen LogP contribution in [0.15, 0.2) is 42.6 Å². The Labute approximate surface area is 120 Å². The molecule has 1 aromatic carbocycles. The first-order valence-corrected chi connectivity index (χ1v) is 7.02. The number of hydrogen-bond donors (Lipinski definition) is 1. The molecule has 0 aliphatic rings. The average Bonchev–Trinajstić information content (AvgIpc) is 2.48. The number of ketones is 1. The van der Waals surface area contributed by atoms with E-state index < -0.39 is 0 Å². The van der Waals surface area contributed by atoms with Crippen molar-refractivity contribution in [2.75, 3.05) is 11.9 Å². The summed E-state index contributed by atoms with van der Waals surface area (Å²) in [6, 6.07) is 11.2. The van der Waals surface area contributed by atoms with Gasteiger partial charge in [0.2, 0.25) is 0 Å². The Morgan fingerprint density at radius 1 is 1.20 bits per heavy atom. The molecule has 1 aromatic heterocycles. The smallest absolute Gasteiger partial charge is 0.196 e. The van der Waals surface area contributed by atoms with Crippen molar-refractivity contribution in [3.8, 4) is 0 Å². The van der Waals surface area contributed by atoms with Gasteiger partial charge < -0.3 is 5.32 Å². The summed E-state index contributed by atoms with van der Waals surface area (Å²) in [7, 11) is 0. The Hall–Kier alpha value is -2.16. The van der Waals surface area contributed by atoms with Crippen molar-refractivity contribution in [2.45, 2.75) is 26.7 Å². The van der Waals surface area contributed by atoms with E-state index >= 15 is 0 Å². The summed E-state index contributed by atoms with van der Waals surface area (Å²) in [5.41, 5.74) is 2.48. The van der Waals surface area contributed by atoms with Gasteiger partial charge in [0.25, 0.3) is 0 Å². The minimum absolute atomic E-state index is 0.0112. The number of hydrogen-bond acceptors (Lipinski definition) is 3. The number of aromatic nitrogens is 1. The van der Waals surface area contributed by atoms with Crippen LogP contribution in [0.25, 0.3) is 0 Å². The normalized spacial score (nSPS) is 10.3. The van der Waals surface area contributed by atoms with Gasteiger partial charge in [0.15, 0.2) is 5.78 Å². The van der Waals surface area contributed by atoms with Crippen molar-refractivity contribution >= 4 is 11.6 Å². The van der Waals surface area contributed by atoms with E-state index in [1.165, 1.54) is 0 Å². The summed E-state index contributed by atoms with van der Waals surface area (Å²) in [5, 5.41) is 3.24. The topological polar surface area (TPSA) is 42.0 Å². The van der Waals surface area contributed by atoms with Gasteiger partial charge in [-0.2, -0.15) is 0 Å². The second kappa shape index (κ2) is 6.85. The zero-order chi connectivity index (χ0) is 14.4. The molecule has 0 atom stereocenters.